The Hall–Kier alpha value is -1.35. The molecule has 1 aromatic carbocycles. The predicted molar refractivity (Wildman–Crippen MR) is 80.3 cm³/mol. The van der Waals surface area contributed by atoms with Gasteiger partial charge in [-0.25, -0.2) is 0 Å². The van der Waals surface area contributed by atoms with Gasteiger partial charge in [0.1, 0.15) is 5.75 Å². The minimum atomic E-state index is -0.381. The molecule has 3 atom stereocenters. The van der Waals surface area contributed by atoms with E-state index in [4.69, 9.17) is 4.99 Å². The third-order valence-corrected chi connectivity index (χ3v) is 5.77. The van der Waals surface area contributed by atoms with Gasteiger partial charge in [0.05, 0.1) is 11.6 Å². The highest BCUT2D eigenvalue weighted by Gasteiger charge is 2.64. The summed E-state index contributed by atoms with van der Waals surface area (Å²) in [6.07, 6.45) is 4.32. The lowest BCUT2D eigenvalue weighted by atomic mass is 9.76. The van der Waals surface area contributed by atoms with Gasteiger partial charge < -0.3 is 10.2 Å². The average Bonchev–Trinajstić information content (AvgIpc) is 2.75. The largest absolute Gasteiger partial charge is 0.507 e. The Kier molecular flexibility index (Phi) is 2.94. The molecule has 2 saturated carbocycles. The second-order valence-corrected chi connectivity index (χ2v) is 6.90. The van der Waals surface area contributed by atoms with E-state index in [1.54, 1.807) is 6.21 Å². The van der Waals surface area contributed by atoms with E-state index < -0.39 is 0 Å². The van der Waals surface area contributed by atoms with E-state index in [1.807, 2.05) is 25.1 Å². The van der Waals surface area contributed by atoms with Crippen molar-refractivity contribution in [2.75, 3.05) is 0 Å². The summed E-state index contributed by atoms with van der Waals surface area (Å²) in [5.74, 6) is 0.841. The fraction of sp³-hybridized carbons (Fsp3) is 0.588. The minimum absolute atomic E-state index is 0.0301. The van der Waals surface area contributed by atoms with Crippen molar-refractivity contribution >= 4 is 6.21 Å². The first-order valence-corrected chi connectivity index (χ1v) is 7.40. The van der Waals surface area contributed by atoms with E-state index in [0.29, 0.717) is 5.92 Å². The van der Waals surface area contributed by atoms with E-state index >= 15 is 0 Å². The summed E-state index contributed by atoms with van der Waals surface area (Å²) in [6, 6.07) is 5.66. The molecular weight excluding hydrogens is 250 g/mol. The van der Waals surface area contributed by atoms with Crippen LogP contribution < -0.4 is 0 Å². The standard InChI is InChI=1S/C17H23NO2/c1-11-5-4-6-12(15(11)20)10-18-17-8-7-13(9-14(17)19)16(17,2)3/h4-6,10,13-14,19-20H,7-9H2,1-3H3/t13-,14-,17+/m1/s1. The number of aryl methyl sites for hydroxylation is 1. The molecule has 3 rings (SSSR count). The Labute approximate surface area is 120 Å². The van der Waals surface area contributed by atoms with Crippen molar-refractivity contribution in [1.82, 2.24) is 0 Å². The summed E-state index contributed by atoms with van der Waals surface area (Å²) in [5, 5.41) is 20.5. The van der Waals surface area contributed by atoms with E-state index in [9.17, 15) is 10.2 Å². The molecule has 2 aliphatic rings. The number of aliphatic hydroxyl groups is 1. The molecule has 2 bridgehead atoms. The van der Waals surface area contributed by atoms with Gasteiger partial charge in [-0.05, 0) is 49.1 Å². The molecule has 2 fully saturated rings. The fourth-order valence-electron chi connectivity index (χ4n) is 4.19. The fourth-order valence-corrected chi connectivity index (χ4v) is 4.19. The summed E-state index contributed by atoms with van der Waals surface area (Å²) in [5.41, 5.74) is 1.23. The van der Waals surface area contributed by atoms with E-state index in [0.717, 1.165) is 30.4 Å². The Bertz CT molecular complexity index is 564. The second-order valence-electron chi connectivity index (χ2n) is 6.90. The number of hydrogen-bond acceptors (Lipinski definition) is 3. The second kappa shape index (κ2) is 4.32. The topological polar surface area (TPSA) is 52.8 Å². The van der Waals surface area contributed by atoms with Crippen molar-refractivity contribution in [2.45, 2.75) is 51.7 Å². The molecule has 0 aromatic heterocycles. The van der Waals surface area contributed by atoms with Crippen molar-refractivity contribution in [3.63, 3.8) is 0 Å². The number of aromatic hydroxyl groups is 1. The van der Waals surface area contributed by atoms with Crippen LogP contribution in [-0.4, -0.2) is 28.1 Å². The van der Waals surface area contributed by atoms with Gasteiger partial charge in [-0.1, -0.05) is 26.0 Å². The zero-order valence-corrected chi connectivity index (χ0v) is 12.4. The number of hydrogen-bond donors (Lipinski definition) is 2. The molecule has 0 aliphatic heterocycles. The Morgan fingerprint density at radius 1 is 1.35 bits per heavy atom. The monoisotopic (exact) mass is 273 g/mol. The van der Waals surface area contributed by atoms with Crippen molar-refractivity contribution in [3.8, 4) is 5.75 Å². The number of para-hydroxylation sites is 1. The molecular formula is C17H23NO2. The van der Waals surface area contributed by atoms with Gasteiger partial charge in [-0.2, -0.15) is 0 Å². The number of rotatable bonds is 2. The molecule has 0 radical (unpaired) electrons. The molecule has 108 valence electrons. The zero-order valence-electron chi connectivity index (χ0n) is 12.4. The number of aliphatic imine (C=N–C) groups is 1. The van der Waals surface area contributed by atoms with Crippen LogP contribution >= 0.6 is 0 Å². The number of nitrogens with zero attached hydrogens (tertiary/aromatic N) is 1. The highest BCUT2D eigenvalue weighted by molar-refractivity contribution is 5.84. The quantitative estimate of drug-likeness (QED) is 0.814. The summed E-state index contributed by atoms with van der Waals surface area (Å²) in [7, 11) is 0. The summed E-state index contributed by atoms with van der Waals surface area (Å²) in [6.45, 7) is 6.31. The number of phenolic OH excluding ortho intramolecular Hbond substituents is 1. The molecule has 2 aliphatic carbocycles. The number of benzene rings is 1. The van der Waals surface area contributed by atoms with Gasteiger partial charge >= 0.3 is 0 Å². The van der Waals surface area contributed by atoms with E-state index in [-0.39, 0.29) is 22.8 Å². The van der Waals surface area contributed by atoms with Crippen LogP contribution in [0.3, 0.4) is 0 Å². The molecule has 2 N–H and O–H groups in total. The highest BCUT2D eigenvalue weighted by Crippen LogP contribution is 2.62. The average molecular weight is 273 g/mol. The summed E-state index contributed by atoms with van der Waals surface area (Å²) < 4.78 is 0. The van der Waals surface area contributed by atoms with Gasteiger partial charge in [0.15, 0.2) is 0 Å². The van der Waals surface area contributed by atoms with Crippen LogP contribution in [0.5, 0.6) is 5.75 Å². The summed E-state index contributed by atoms with van der Waals surface area (Å²) >= 11 is 0. The molecule has 0 spiro atoms. The van der Waals surface area contributed by atoms with Crippen molar-refractivity contribution in [2.24, 2.45) is 16.3 Å². The highest BCUT2D eigenvalue weighted by atomic mass is 16.3. The SMILES string of the molecule is Cc1cccc(C=N[C@@]23CC[C@H](C[C@H]2O)C3(C)C)c1O. The zero-order chi connectivity index (χ0) is 14.5. The van der Waals surface area contributed by atoms with Crippen LogP contribution in [-0.2, 0) is 0 Å². The van der Waals surface area contributed by atoms with Crippen LogP contribution in [0, 0.1) is 18.3 Å². The first-order valence-electron chi connectivity index (χ1n) is 7.40. The maximum Gasteiger partial charge on any atom is 0.127 e. The Morgan fingerprint density at radius 3 is 2.70 bits per heavy atom. The first-order chi connectivity index (χ1) is 9.38. The maximum atomic E-state index is 10.4. The molecule has 0 amide bonds. The molecule has 0 saturated heterocycles. The smallest absolute Gasteiger partial charge is 0.127 e. The molecule has 3 nitrogen and oxygen atoms in total. The third kappa shape index (κ3) is 1.65. The van der Waals surface area contributed by atoms with Crippen LogP contribution in [0.25, 0.3) is 0 Å². The van der Waals surface area contributed by atoms with Gasteiger partial charge in [0, 0.05) is 11.8 Å². The van der Waals surface area contributed by atoms with Gasteiger partial charge in [-0.3, -0.25) is 4.99 Å². The lowest BCUT2D eigenvalue weighted by Crippen LogP contribution is -2.44. The lowest BCUT2D eigenvalue weighted by Gasteiger charge is -2.36. The first kappa shape index (κ1) is 13.6. The van der Waals surface area contributed by atoms with Crippen LogP contribution in [0.1, 0.15) is 44.2 Å². The molecule has 3 heteroatoms. The molecule has 0 heterocycles. The Balaban J connectivity index is 1.98. The minimum Gasteiger partial charge on any atom is -0.507 e. The molecule has 20 heavy (non-hydrogen) atoms. The molecule has 1 aromatic rings. The summed E-state index contributed by atoms with van der Waals surface area (Å²) in [4.78, 5) is 4.79. The van der Waals surface area contributed by atoms with Crippen molar-refractivity contribution < 1.29 is 10.2 Å². The number of phenols is 1. The van der Waals surface area contributed by atoms with E-state index in [1.165, 1.54) is 0 Å². The van der Waals surface area contributed by atoms with Crippen molar-refractivity contribution in [1.29, 1.82) is 0 Å². The van der Waals surface area contributed by atoms with Crippen LogP contribution in [0.2, 0.25) is 0 Å². The third-order valence-electron chi connectivity index (χ3n) is 5.77. The van der Waals surface area contributed by atoms with Gasteiger partial charge in [0.2, 0.25) is 0 Å². The number of aliphatic hydroxyl groups excluding tert-OH is 1. The normalized spacial score (nSPS) is 35.0. The lowest BCUT2D eigenvalue weighted by molar-refractivity contribution is 0.0692. The number of fused-ring (bicyclic) bond motifs is 2. The van der Waals surface area contributed by atoms with Crippen molar-refractivity contribution in [3.05, 3.63) is 29.3 Å². The van der Waals surface area contributed by atoms with E-state index in [2.05, 4.69) is 13.8 Å². The van der Waals surface area contributed by atoms with Gasteiger partial charge in [-0.15, -0.1) is 0 Å². The van der Waals surface area contributed by atoms with Crippen LogP contribution in [0.4, 0.5) is 0 Å². The van der Waals surface area contributed by atoms with Crippen LogP contribution in [0.15, 0.2) is 23.2 Å². The maximum absolute atomic E-state index is 10.4. The Morgan fingerprint density at radius 2 is 2.10 bits per heavy atom. The van der Waals surface area contributed by atoms with Gasteiger partial charge in [0.25, 0.3) is 0 Å². The predicted octanol–water partition coefficient (Wildman–Crippen LogP) is 3.06. The molecule has 0 unspecified atom stereocenters.